The Morgan fingerprint density at radius 3 is 2.24 bits per heavy atom. The molecule has 0 spiro atoms. The molecule has 1 unspecified atom stereocenters. The zero-order valence-electron chi connectivity index (χ0n) is 19.6. The van der Waals surface area contributed by atoms with E-state index in [1.54, 1.807) is 15.8 Å². The number of likely N-dealkylation sites (tertiary alicyclic amines) is 1. The van der Waals surface area contributed by atoms with Gasteiger partial charge in [0.1, 0.15) is 11.7 Å². The number of nitrogens with zero attached hydrogens (tertiary/aromatic N) is 3. The van der Waals surface area contributed by atoms with E-state index in [1.807, 2.05) is 81.4 Å². The number of carbonyl (C=O) groups is 3. The molecule has 0 radical (unpaired) electrons. The number of hydrazine groups is 1. The Kier molecular flexibility index (Phi) is 6.49. The number of rotatable bonds is 4. The van der Waals surface area contributed by atoms with Gasteiger partial charge in [0.25, 0.3) is 11.8 Å². The summed E-state index contributed by atoms with van der Waals surface area (Å²) in [6, 6.07) is 18.3. The van der Waals surface area contributed by atoms with Crippen LogP contribution in [0.1, 0.15) is 44.0 Å². The lowest BCUT2D eigenvalue weighted by atomic mass is 9.94. The molecule has 8 heteroatoms. The van der Waals surface area contributed by atoms with Gasteiger partial charge in [-0.15, -0.1) is 0 Å². The van der Waals surface area contributed by atoms with Crippen LogP contribution in [0.2, 0.25) is 0 Å². The van der Waals surface area contributed by atoms with E-state index in [-0.39, 0.29) is 5.91 Å². The molecule has 2 heterocycles. The highest BCUT2D eigenvalue weighted by Crippen LogP contribution is 2.26. The van der Waals surface area contributed by atoms with Crippen molar-refractivity contribution in [2.45, 2.75) is 39.7 Å². The molecule has 0 saturated carbocycles. The van der Waals surface area contributed by atoms with E-state index in [0.29, 0.717) is 24.2 Å². The molecular weight excluding hydrogens is 430 g/mol. The van der Waals surface area contributed by atoms with Crippen LogP contribution in [0.3, 0.4) is 0 Å². The minimum absolute atomic E-state index is 0.0769. The normalized spacial score (nSPS) is 15.7. The van der Waals surface area contributed by atoms with Crippen molar-refractivity contribution in [1.82, 2.24) is 25.5 Å². The molecule has 1 aromatic heterocycles. The maximum absolute atomic E-state index is 13.1. The Hall–Kier alpha value is -3.94. The predicted molar refractivity (Wildman–Crippen MR) is 129 cm³/mol. The van der Waals surface area contributed by atoms with Crippen LogP contribution in [-0.4, -0.2) is 45.0 Å². The van der Waals surface area contributed by atoms with Crippen molar-refractivity contribution >= 4 is 17.7 Å². The molecule has 2 N–H and O–H groups in total. The largest absolute Gasteiger partial charge is 0.330 e. The second-order valence-corrected chi connectivity index (χ2v) is 9.39. The van der Waals surface area contributed by atoms with Crippen LogP contribution in [0, 0.1) is 5.41 Å². The van der Waals surface area contributed by atoms with E-state index < -0.39 is 23.3 Å². The molecule has 0 bridgehead atoms. The van der Waals surface area contributed by atoms with E-state index in [2.05, 4.69) is 16.0 Å². The zero-order chi connectivity index (χ0) is 24.3. The van der Waals surface area contributed by atoms with Crippen LogP contribution in [0.5, 0.6) is 0 Å². The fourth-order valence-corrected chi connectivity index (χ4v) is 4.04. The van der Waals surface area contributed by atoms with Crippen molar-refractivity contribution in [1.29, 1.82) is 0 Å². The molecule has 176 valence electrons. The molecular formula is C26H29N5O3. The first kappa shape index (κ1) is 23.2. The van der Waals surface area contributed by atoms with Gasteiger partial charge in [0.15, 0.2) is 0 Å². The average molecular weight is 460 g/mol. The van der Waals surface area contributed by atoms with E-state index in [0.717, 1.165) is 17.7 Å². The monoisotopic (exact) mass is 459 g/mol. The second-order valence-electron chi connectivity index (χ2n) is 9.39. The van der Waals surface area contributed by atoms with E-state index in [1.165, 1.54) is 0 Å². The highest BCUT2D eigenvalue weighted by Gasteiger charge is 2.38. The molecule has 3 aromatic rings. The molecule has 1 saturated heterocycles. The average Bonchev–Trinajstić information content (AvgIpc) is 3.50. The van der Waals surface area contributed by atoms with E-state index >= 15 is 0 Å². The van der Waals surface area contributed by atoms with Crippen molar-refractivity contribution in [3.8, 4) is 16.9 Å². The van der Waals surface area contributed by atoms with Crippen LogP contribution in [0.15, 0.2) is 66.9 Å². The van der Waals surface area contributed by atoms with E-state index in [9.17, 15) is 14.4 Å². The Morgan fingerprint density at radius 1 is 0.941 bits per heavy atom. The fourth-order valence-electron chi connectivity index (χ4n) is 4.04. The van der Waals surface area contributed by atoms with Gasteiger partial charge in [-0.2, -0.15) is 5.10 Å². The molecule has 0 aliphatic carbocycles. The summed E-state index contributed by atoms with van der Waals surface area (Å²) in [6.07, 6.45) is 2.95. The number of nitrogens with one attached hydrogen (secondary N) is 2. The molecule has 34 heavy (non-hydrogen) atoms. The van der Waals surface area contributed by atoms with Gasteiger partial charge in [-0.3, -0.25) is 25.2 Å². The first-order valence-corrected chi connectivity index (χ1v) is 11.4. The van der Waals surface area contributed by atoms with Gasteiger partial charge in [-0.05, 0) is 25.0 Å². The zero-order valence-corrected chi connectivity index (χ0v) is 19.6. The number of benzene rings is 2. The quantitative estimate of drug-likeness (QED) is 0.585. The number of amides is 3. The SMILES string of the molecule is CC(C)(C)C(=O)N1CCCC1C(=O)NNC(=O)c1cn(-c2ccccc2)nc1-c1ccccc1. The molecule has 2 aromatic carbocycles. The third-order valence-electron chi connectivity index (χ3n) is 5.78. The summed E-state index contributed by atoms with van der Waals surface area (Å²) in [7, 11) is 0. The summed E-state index contributed by atoms with van der Waals surface area (Å²) in [5.41, 5.74) is 6.87. The molecule has 4 rings (SSSR count). The third kappa shape index (κ3) is 4.85. The van der Waals surface area contributed by atoms with Crippen LogP contribution in [-0.2, 0) is 9.59 Å². The maximum Gasteiger partial charge on any atom is 0.273 e. The standard InChI is InChI=1S/C26H29N5O3/c1-26(2,3)25(34)30-16-10-15-21(30)24(33)28-27-23(32)20-17-31(19-13-8-5-9-14-19)29-22(20)18-11-6-4-7-12-18/h4-9,11-14,17,21H,10,15-16H2,1-3H3,(H,27,32)(H,28,33). The van der Waals surface area contributed by atoms with Crippen LogP contribution < -0.4 is 10.9 Å². The van der Waals surface area contributed by atoms with Gasteiger partial charge in [0, 0.05) is 23.7 Å². The Labute approximate surface area is 198 Å². The Bertz CT molecular complexity index is 1180. The lowest BCUT2D eigenvalue weighted by Gasteiger charge is -2.30. The number of aromatic nitrogens is 2. The molecule has 1 aliphatic heterocycles. The predicted octanol–water partition coefficient (Wildman–Crippen LogP) is 3.34. The first-order valence-electron chi connectivity index (χ1n) is 11.4. The van der Waals surface area contributed by atoms with Gasteiger partial charge in [0.05, 0.1) is 11.3 Å². The summed E-state index contributed by atoms with van der Waals surface area (Å²) in [5, 5.41) is 4.63. The minimum atomic E-state index is -0.604. The summed E-state index contributed by atoms with van der Waals surface area (Å²) >= 11 is 0. The van der Waals surface area contributed by atoms with Crippen molar-refractivity contribution in [3.05, 3.63) is 72.4 Å². The Morgan fingerprint density at radius 2 is 1.59 bits per heavy atom. The summed E-state index contributed by atoms with van der Waals surface area (Å²) in [5.74, 6) is -0.965. The van der Waals surface area contributed by atoms with Gasteiger partial charge in [0.2, 0.25) is 5.91 Å². The number of carbonyl (C=O) groups excluding carboxylic acids is 3. The van der Waals surface area contributed by atoms with E-state index in [4.69, 9.17) is 0 Å². The first-order chi connectivity index (χ1) is 16.3. The number of hydrogen-bond acceptors (Lipinski definition) is 4. The highest BCUT2D eigenvalue weighted by molar-refractivity contribution is 6.01. The lowest BCUT2D eigenvalue weighted by Crippen LogP contribution is -2.53. The van der Waals surface area contributed by atoms with Crippen molar-refractivity contribution in [2.75, 3.05) is 6.54 Å². The topological polar surface area (TPSA) is 96.3 Å². The van der Waals surface area contributed by atoms with Crippen molar-refractivity contribution in [3.63, 3.8) is 0 Å². The van der Waals surface area contributed by atoms with Crippen LogP contribution in [0.4, 0.5) is 0 Å². The summed E-state index contributed by atoms with van der Waals surface area (Å²) < 4.78 is 1.64. The molecule has 3 amide bonds. The fraction of sp³-hybridized carbons (Fsp3) is 0.308. The Balaban J connectivity index is 1.53. The molecule has 8 nitrogen and oxygen atoms in total. The summed E-state index contributed by atoms with van der Waals surface area (Å²) in [6.45, 7) is 6.03. The van der Waals surface area contributed by atoms with Crippen LogP contribution >= 0.6 is 0 Å². The van der Waals surface area contributed by atoms with Gasteiger partial charge >= 0.3 is 0 Å². The minimum Gasteiger partial charge on any atom is -0.330 e. The molecule has 1 atom stereocenters. The summed E-state index contributed by atoms with van der Waals surface area (Å²) in [4.78, 5) is 40.3. The molecule has 1 fully saturated rings. The lowest BCUT2D eigenvalue weighted by molar-refractivity contribution is -0.144. The second kappa shape index (κ2) is 9.51. The van der Waals surface area contributed by atoms with Gasteiger partial charge < -0.3 is 4.90 Å². The number of hydrogen-bond donors (Lipinski definition) is 2. The maximum atomic E-state index is 13.1. The van der Waals surface area contributed by atoms with Gasteiger partial charge in [-0.25, -0.2) is 4.68 Å². The van der Waals surface area contributed by atoms with Gasteiger partial charge in [-0.1, -0.05) is 69.3 Å². The molecule has 1 aliphatic rings. The van der Waals surface area contributed by atoms with Crippen molar-refractivity contribution in [2.24, 2.45) is 5.41 Å². The van der Waals surface area contributed by atoms with Crippen LogP contribution in [0.25, 0.3) is 16.9 Å². The third-order valence-corrected chi connectivity index (χ3v) is 5.78. The van der Waals surface area contributed by atoms with Crippen molar-refractivity contribution < 1.29 is 14.4 Å². The highest BCUT2D eigenvalue weighted by atomic mass is 16.2. The number of para-hydroxylation sites is 1. The smallest absolute Gasteiger partial charge is 0.273 e.